The van der Waals surface area contributed by atoms with Gasteiger partial charge in [-0.3, -0.25) is 0 Å². The maximum absolute atomic E-state index is 10.2. The third kappa shape index (κ3) is 5.39. The fourth-order valence-corrected chi connectivity index (χ4v) is 1.76. The SMILES string of the molecule is CC(C)Oc1ccc([C@@H](N)[C@@H](O)C(C)(C)C)cc1.Cl. The van der Waals surface area contributed by atoms with Gasteiger partial charge in [-0.25, -0.2) is 0 Å². The van der Waals surface area contributed by atoms with E-state index >= 15 is 0 Å². The van der Waals surface area contributed by atoms with E-state index in [4.69, 9.17) is 10.5 Å². The average Bonchev–Trinajstić information content (AvgIpc) is 2.26. The van der Waals surface area contributed by atoms with Gasteiger partial charge in [0.15, 0.2) is 0 Å². The average molecular weight is 288 g/mol. The van der Waals surface area contributed by atoms with Crippen LogP contribution in [0.4, 0.5) is 0 Å². The predicted octanol–water partition coefficient (Wildman–Crippen LogP) is 3.30. The number of rotatable bonds is 4. The molecule has 19 heavy (non-hydrogen) atoms. The number of nitrogens with two attached hydrogens (primary N) is 1. The van der Waals surface area contributed by atoms with E-state index in [1.54, 1.807) is 0 Å². The molecule has 0 saturated carbocycles. The van der Waals surface area contributed by atoms with E-state index in [0.717, 1.165) is 11.3 Å². The Morgan fingerprint density at radius 1 is 1.11 bits per heavy atom. The summed E-state index contributed by atoms with van der Waals surface area (Å²) in [6.07, 6.45) is -0.418. The van der Waals surface area contributed by atoms with E-state index in [1.807, 2.05) is 58.9 Å². The first-order chi connectivity index (χ1) is 8.21. The fraction of sp³-hybridized carbons (Fsp3) is 0.600. The molecule has 4 heteroatoms. The minimum Gasteiger partial charge on any atom is -0.491 e. The molecule has 3 N–H and O–H groups in total. The summed E-state index contributed by atoms with van der Waals surface area (Å²) in [5, 5.41) is 10.2. The lowest BCUT2D eigenvalue weighted by molar-refractivity contribution is 0.0401. The molecule has 0 fully saturated rings. The molecule has 0 radical (unpaired) electrons. The van der Waals surface area contributed by atoms with E-state index in [1.165, 1.54) is 0 Å². The van der Waals surface area contributed by atoms with E-state index in [9.17, 15) is 5.11 Å². The van der Waals surface area contributed by atoms with Crippen LogP contribution >= 0.6 is 12.4 Å². The first-order valence-electron chi connectivity index (χ1n) is 6.42. The molecule has 1 rings (SSSR count). The molecule has 2 atom stereocenters. The van der Waals surface area contributed by atoms with Crippen molar-refractivity contribution in [1.29, 1.82) is 0 Å². The second-order valence-corrected chi connectivity index (χ2v) is 6.07. The van der Waals surface area contributed by atoms with Gasteiger partial charge >= 0.3 is 0 Å². The van der Waals surface area contributed by atoms with Crippen molar-refractivity contribution in [3.05, 3.63) is 29.8 Å². The van der Waals surface area contributed by atoms with Crippen LogP contribution in [-0.2, 0) is 0 Å². The van der Waals surface area contributed by atoms with Gasteiger partial charge in [-0.2, -0.15) is 0 Å². The highest BCUT2D eigenvalue weighted by Gasteiger charge is 2.28. The number of hydrogen-bond donors (Lipinski definition) is 2. The van der Waals surface area contributed by atoms with Crippen LogP contribution in [0.15, 0.2) is 24.3 Å². The van der Waals surface area contributed by atoms with Crippen LogP contribution in [0, 0.1) is 5.41 Å². The number of ether oxygens (including phenoxy) is 1. The van der Waals surface area contributed by atoms with E-state index < -0.39 is 6.10 Å². The minimum absolute atomic E-state index is 0. The molecule has 0 spiro atoms. The first kappa shape index (κ1) is 18.2. The highest BCUT2D eigenvalue weighted by molar-refractivity contribution is 5.85. The lowest BCUT2D eigenvalue weighted by Crippen LogP contribution is -2.36. The van der Waals surface area contributed by atoms with Crippen LogP contribution in [0.5, 0.6) is 5.75 Å². The van der Waals surface area contributed by atoms with Gasteiger partial charge in [-0.1, -0.05) is 32.9 Å². The molecule has 0 aliphatic rings. The third-order valence-electron chi connectivity index (χ3n) is 2.86. The monoisotopic (exact) mass is 287 g/mol. The lowest BCUT2D eigenvalue weighted by Gasteiger charge is -2.31. The number of aliphatic hydroxyl groups excluding tert-OH is 1. The van der Waals surface area contributed by atoms with Crippen LogP contribution in [0.1, 0.15) is 46.2 Å². The topological polar surface area (TPSA) is 55.5 Å². The van der Waals surface area contributed by atoms with Crippen molar-refractivity contribution in [2.45, 2.75) is 52.9 Å². The summed E-state index contributed by atoms with van der Waals surface area (Å²) in [5.41, 5.74) is 6.78. The van der Waals surface area contributed by atoms with Gasteiger partial charge in [-0.15, -0.1) is 12.4 Å². The quantitative estimate of drug-likeness (QED) is 0.893. The summed E-state index contributed by atoms with van der Waals surface area (Å²) >= 11 is 0. The molecular weight excluding hydrogens is 262 g/mol. The van der Waals surface area contributed by atoms with Gasteiger partial charge in [0.05, 0.1) is 18.2 Å². The highest BCUT2D eigenvalue weighted by Crippen LogP contribution is 2.29. The second kappa shape index (κ2) is 7.13. The Hall–Kier alpha value is -0.770. The molecule has 0 aromatic heterocycles. The summed E-state index contributed by atoms with van der Waals surface area (Å²) in [6.45, 7) is 9.92. The van der Waals surface area contributed by atoms with Crippen LogP contribution in [0.25, 0.3) is 0 Å². The molecular formula is C15H26ClNO2. The van der Waals surface area contributed by atoms with Crippen molar-refractivity contribution >= 4 is 12.4 Å². The standard InChI is InChI=1S/C15H25NO2.ClH/c1-10(2)18-12-8-6-11(7-9-12)13(16)14(17)15(3,4)5;/h6-10,13-14,17H,16H2,1-5H3;1H/t13-,14-;/m1./s1. The van der Waals surface area contributed by atoms with Gasteiger partial charge in [0.2, 0.25) is 0 Å². The maximum Gasteiger partial charge on any atom is 0.119 e. The molecule has 1 aromatic carbocycles. The van der Waals surface area contributed by atoms with Crippen molar-refractivity contribution in [2.24, 2.45) is 11.1 Å². The Labute approximate surface area is 122 Å². The molecule has 1 aromatic rings. The Balaban J connectivity index is 0.00000324. The largest absolute Gasteiger partial charge is 0.491 e. The van der Waals surface area contributed by atoms with Crippen molar-refractivity contribution < 1.29 is 9.84 Å². The zero-order valence-electron chi connectivity index (χ0n) is 12.4. The van der Waals surface area contributed by atoms with Crippen LogP contribution < -0.4 is 10.5 Å². The molecule has 0 heterocycles. The zero-order valence-corrected chi connectivity index (χ0v) is 13.2. The Bertz CT molecular complexity index is 371. The Morgan fingerprint density at radius 2 is 1.58 bits per heavy atom. The smallest absolute Gasteiger partial charge is 0.119 e. The van der Waals surface area contributed by atoms with Gasteiger partial charge in [0.1, 0.15) is 5.75 Å². The fourth-order valence-electron chi connectivity index (χ4n) is 1.76. The van der Waals surface area contributed by atoms with E-state index in [2.05, 4.69) is 0 Å². The maximum atomic E-state index is 10.2. The molecule has 110 valence electrons. The number of benzene rings is 1. The Kier molecular flexibility index (Phi) is 6.84. The van der Waals surface area contributed by atoms with Crippen molar-refractivity contribution in [3.63, 3.8) is 0 Å². The summed E-state index contributed by atoms with van der Waals surface area (Å²) in [6, 6.07) is 7.24. The third-order valence-corrected chi connectivity index (χ3v) is 2.86. The molecule has 0 aliphatic carbocycles. The summed E-state index contributed by atoms with van der Waals surface area (Å²) < 4.78 is 5.57. The van der Waals surface area contributed by atoms with Crippen molar-refractivity contribution in [3.8, 4) is 5.75 Å². The number of halogens is 1. The molecule has 0 aliphatic heterocycles. The normalized spacial score (nSPS) is 14.7. The van der Waals surface area contributed by atoms with Crippen LogP contribution in [-0.4, -0.2) is 17.3 Å². The highest BCUT2D eigenvalue weighted by atomic mass is 35.5. The number of aliphatic hydroxyl groups is 1. The molecule has 3 nitrogen and oxygen atoms in total. The summed E-state index contributed by atoms with van der Waals surface area (Å²) in [4.78, 5) is 0. The lowest BCUT2D eigenvalue weighted by atomic mass is 9.82. The van der Waals surface area contributed by atoms with E-state index in [-0.39, 0.29) is 30.0 Å². The number of hydrogen-bond acceptors (Lipinski definition) is 3. The zero-order chi connectivity index (χ0) is 13.9. The molecule has 0 saturated heterocycles. The van der Waals surface area contributed by atoms with E-state index in [0.29, 0.717) is 0 Å². The first-order valence-corrected chi connectivity index (χ1v) is 6.42. The van der Waals surface area contributed by atoms with Gasteiger partial charge in [-0.05, 0) is 37.0 Å². The predicted molar refractivity (Wildman–Crippen MR) is 81.8 cm³/mol. The minimum atomic E-state index is -0.575. The van der Waals surface area contributed by atoms with Crippen molar-refractivity contribution in [2.75, 3.05) is 0 Å². The summed E-state index contributed by atoms with van der Waals surface area (Å²) in [5.74, 6) is 0.825. The summed E-state index contributed by atoms with van der Waals surface area (Å²) in [7, 11) is 0. The molecule has 0 bridgehead atoms. The Morgan fingerprint density at radius 3 is 1.95 bits per heavy atom. The van der Waals surface area contributed by atoms with Crippen molar-refractivity contribution in [1.82, 2.24) is 0 Å². The van der Waals surface area contributed by atoms with Gasteiger partial charge < -0.3 is 15.6 Å². The van der Waals surface area contributed by atoms with Gasteiger partial charge in [0.25, 0.3) is 0 Å². The second-order valence-electron chi connectivity index (χ2n) is 6.07. The van der Waals surface area contributed by atoms with Crippen LogP contribution in [0.2, 0.25) is 0 Å². The molecule has 0 amide bonds. The van der Waals surface area contributed by atoms with Gasteiger partial charge in [0, 0.05) is 0 Å². The molecule has 0 unspecified atom stereocenters. The van der Waals surface area contributed by atoms with Crippen LogP contribution in [0.3, 0.4) is 0 Å².